The largest absolute Gasteiger partial charge is 0.497 e. The van der Waals surface area contributed by atoms with Crippen LogP contribution < -0.4 is 14.2 Å². The standard InChI is InChI=1S/C25H18N2O8/c1-32-19-9-7-16(8-10-19)23-26-20(25(29)35-23)12-15-6-11-21(22(13-15)33-2)34-24(28)17-4-3-5-18(14-17)27(30)31/h3-14H,1-2H3/b20-12+. The fourth-order valence-electron chi connectivity index (χ4n) is 3.19. The Morgan fingerprint density at radius 3 is 2.46 bits per heavy atom. The number of carbonyl (C=O) groups excluding carboxylic acids is 2. The fraction of sp³-hybridized carbons (Fsp3) is 0.0800. The van der Waals surface area contributed by atoms with E-state index in [1.807, 2.05) is 0 Å². The van der Waals surface area contributed by atoms with Gasteiger partial charge in [-0.1, -0.05) is 12.1 Å². The zero-order valence-corrected chi connectivity index (χ0v) is 18.6. The van der Waals surface area contributed by atoms with E-state index in [9.17, 15) is 19.7 Å². The van der Waals surface area contributed by atoms with Crippen LogP contribution in [-0.2, 0) is 9.53 Å². The summed E-state index contributed by atoms with van der Waals surface area (Å²) in [5, 5.41) is 10.9. The first-order valence-electron chi connectivity index (χ1n) is 10.2. The van der Waals surface area contributed by atoms with E-state index in [-0.39, 0.29) is 34.3 Å². The molecule has 0 unspecified atom stereocenters. The van der Waals surface area contributed by atoms with Crippen LogP contribution in [0, 0.1) is 10.1 Å². The van der Waals surface area contributed by atoms with Gasteiger partial charge in [0.25, 0.3) is 5.69 Å². The van der Waals surface area contributed by atoms with Crippen LogP contribution in [0.4, 0.5) is 5.69 Å². The SMILES string of the molecule is COc1ccc(C2=N/C(=C/c3ccc(OC(=O)c4cccc([N+](=O)[O-])c4)c(OC)c3)C(=O)O2)cc1. The van der Waals surface area contributed by atoms with Crippen molar-refractivity contribution in [2.75, 3.05) is 14.2 Å². The van der Waals surface area contributed by atoms with Crippen molar-refractivity contribution < 1.29 is 33.5 Å². The van der Waals surface area contributed by atoms with Crippen LogP contribution in [0.5, 0.6) is 17.2 Å². The van der Waals surface area contributed by atoms with Crippen LogP contribution in [-0.4, -0.2) is 37.0 Å². The molecule has 0 saturated heterocycles. The smallest absolute Gasteiger partial charge is 0.363 e. The van der Waals surface area contributed by atoms with Gasteiger partial charge in [0, 0.05) is 17.7 Å². The summed E-state index contributed by atoms with van der Waals surface area (Å²) >= 11 is 0. The molecule has 0 radical (unpaired) electrons. The highest BCUT2D eigenvalue weighted by Gasteiger charge is 2.24. The zero-order valence-electron chi connectivity index (χ0n) is 18.6. The van der Waals surface area contributed by atoms with Crippen LogP contribution in [0.25, 0.3) is 6.08 Å². The van der Waals surface area contributed by atoms with Crippen molar-refractivity contribution in [1.29, 1.82) is 0 Å². The lowest BCUT2D eigenvalue weighted by molar-refractivity contribution is -0.384. The summed E-state index contributed by atoms with van der Waals surface area (Å²) in [5.74, 6) is -0.264. The monoisotopic (exact) mass is 474 g/mol. The third kappa shape index (κ3) is 5.17. The maximum Gasteiger partial charge on any atom is 0.363 e. The number of non-ortho nitro benzene ring substituents is 1. The van der Waals surface area contributed by atoms with Crippen LogP contribution in [0.2, 0.25) is 0 Å². The Morgan fingerprint density at radius 2 is 1.77 bits per heavy atom. The molecule has 0 saturated carbocycles. The van der Waals surface area contributed by atoms with Gasteiger partial charge in [0.1, 0.15) is 5.75 Å². The van der Waals surface area contributed by atoms with Gasteiger partial charge in [0.05, 0.1) is 24.7 Å². The van der Waals surface area contributed by atoms with Crippen molar-refractivity contribution in [1.82, 2.24) is 0 Å². The highest BCUT2D eigenvalue weighted by molar-refractivity contribution is 6.12. The molecule has 3 aromatic carbocycles. The lowest BCUT2D eigenvalue weighted by Gasteiger charge is -2.10. The predicted octanol–water partition coefficient (Wildman–Crippen LogP) is 4.18. The minimum Gasteiger partial charge on any atom is -0.497 e. The second-order valence-electron chi connectivity index (χ2n) is 7.17. The molecule has 0 N–H and O–H groups in total. The molecule has 0 amide bonds. The number of nitro groups is 1. The van der Waals surface area contributed by atoms with Gasteiger partial charge in [-0.3, -0.25) is 10.1 Å². The lowest BCUT2D eigenvalue weighted by atomic mass is 10.1. The summed E-state index contributed by atoms with van der Waals surface area (Å²) in [6, 6.07) is 16.7. The summed E-state index contributed by atoms with van der Waals surface area (Å²) in [6.45, 7) is 0. The number of hydrogen-bond acceptors (Lipinski definition) is 9. The maximum absolute atomic E-state index is 12.5. The van der Waals surface area contributed by atoms with Gasteiger partial charge in [-0.2, -0.15) is 0 Å². The van der Waals surface area contributed by atoms with Crippen molar-refractivity contribution in [3.8, 4) is 17.2 Å². The first kappa shape index (κ1) is 23.2. The van der Waals surface area contributed by atoms with Gasteiger partial charge in [0.2, 0.25) is 5.90 Å². The Labute approximate surface area is 199 Å². The molecule has 0 aliphatic carbocycles. The molecular formula is C25H18N2O8. The van der Waals surface area contributed by atoms with Gasteiger partial charge in [-0.05, 0) is 54.1 Å². The van der Waals surface area contributed by atoms with Crippen molar-refractivity contribution in [3.05, 3.63) is 99.2 Å². The number of cyclic esters (lactones) is 1. The van der Waals surface area contributed by atoms with Gasteiger partial charge >= 0.3 is 11.9 Å². The first-order chi connectivity index (χ1) is 16.9. The molecule has 0 spiro atoms. The highest BCUT2D eigenvalue weighted by atomic mass is 16.6. The first-order valence-corrected chi connectivity index (χ1v) is 10.2. The summed E-state index contributed by atoms with van der Waals surface area (Å²) < 4.78 is 21.1. The molecule has 10 heteroatoms. The Kier molecular flexibility index (Phi) is 6.54. The van der Waals surface area contributed by atoms with E-state index < -0.39 is 16.9 Å². The van der Waals surface area contributed by atoms with Gasteiger partial charge in [-0.15, -0.1) is 0 Å². The summed E-state index contributed by atoms with van der Waals surface area (Å²) in [4.78, 5) is 39.4. The number of nitrogens with zero attached hydrogens (tertiary/aromatic N) is 2. The molecule has 4 rings (SSSR count). The Bertz CT molecular complexity index is 1380. The molecule has 3 aromatic rings. The van der Waals surface area contributed by atoms with E-state index in [0.717, 1.165) is 6.07 Å². The number of rotatable bonds is 7. The normalized spacial score (nSPS) is 13.7. The predicted molar refractivity (Wildman–Crippen MR) is 125 cm³/mol. The third-order valence-electron chi connectivity index (χ3n) is 4.94. The average molecular weight is 474 g/mol. The van der Waals surface area contributed by atoms with Gasteiger partial charge in [0.15, 0.2) is 17.2 Å². The molecule has 0 fully saturated rings. The molecule has 1 aliphatic rings. The summed E-state index contributed by atoms with van der Waals surface area (Å²) in [6.07, 6.45) is 1.51. The van der Waals surface area contributed by atoms with Crippen LogP contribution in [0.15, 0.2) is 77.4 Å². The number of hydrogen-bond donors (Lipinski definition) is 0. The quantitative estimate of drug-likeness (QED) is 0.164. The highest BCUT2D eigenvalue weighted by Crippen LogP contribution is 2.31. The minimum absolute atomic E-state index is 0.0153. The van der Waals surface area contributed by atoms with E-state index in [4.69, 9.17) is 18.9 Å². The summed E-state index contributed by atoms with van der Waals surface area (Å²) in [5.41, 5.74) is 1.03. The van der Waals surface area contributed by atoms with E-state index >= 15 is 0 Å². The van der Waals surface area contributed by atoms with E-state index in [1.54, 1.807) is 43.5 Å². The molecule has 1 aliphatic heterocycles. The minimum atomic E-state index is -0.786. The third-order valence-corrected chi connectivity index (χ3v) is 4.94. The number of aliphatic imine (C=N–C) groups is 1. The van der Waals surface area contributed by atoms with Crippen LogP contribution in [0.3, 0.4) is 0 Å². The fourth-order valence-corrected chi connectivity index (χ4v) is 3.19. The maximum atomic E-state index is 12.5. The Morgan fingerprint density at radius 1 is 1.00 bits per heavy atom. The zero-order chi connectivity index (χ0) is 24.9. The summed E-state index contributed by atoms with van der Waals surface area (Å²) in [7, 11) is 2.94. The van der Waals surface area contributed by atoms with E-state index in [0.29, 0.717) is 16.9 Å². The molecule has 1 heterocycles. The topological polar surface area (TPSA) is 127 Å². The van der Waals surface area contributed by atoms with Gasteiger partial charge < -0.3 is 18.9 Å². The second-order valence-corrected chi connectivity index (χ2v) is 7.17. The number of benzene rings is 3. The Balaban J connectivity index is 1.55. The Hall–Kier alpha value is -4.99. The van der Waals surface area contributed by atoms with Crippen molar-refractivity contribution in [2.24, 2.45) is 4.99 Å². The molecule has 0 atom stereocenters. The number of nitro benzene ring substituents is 1. The second kappa shape index (κ2) is 9.87. The van der Waals surface area contributed by atoms with Crippen LogP contribution >= 0.6 is 0 Å². The molecule has 35 heavy (non-hydrogen) atoms. The average Bonchev–Trinajstić information content (AvgIpc) is 3.24. The number of carbonyl (C=O) groups is 2. The van der Waals surface area contributed by atoms with Gasteiger partial charge in [-0.25, -0.2) is 14.6 Å². The molecule has 0 bridgehead atoms. The molecule has 0 aromatic heterocycles. The molecule has 176 valence electrons. The number of ether oxygens (including phenoxy) is 4. The number of esters is 2. The molecular weight excluding hydrogens is 456 g/mol. The van der Waals surface area contributed by atoms with E-state index in [2.05, 4.69) is 4.99 Å². The van der Waals surface area contributed by atoms with Crippen LogP contribution in [0.1, 0.15) is 21.5 Å². The van der Waals surface area contributed by atoms with Crippen molar-refractivity contribution in [2.45, 2.75) is 0 Å². The number of methoxy groups -OCH3 is 2. The molecule has 10 nitrogen and oxygen atoms in total. The lowest BCUT2D eigenvalue weighted by Crippen LogP contribution is -2.09. The van der Waals surface area contributed by atoms with E-state index in [1.165, 1.54) is 37.5 Å². The van der Waals surface area contributed by atoms with Crippen molar-refractivity contribution in [3.63, 3.8) is 0 Å². The van der Waals surface area contributed by atoms with Crippen molar-refractivity contribution >= 4 is 29.6 Å².